The van der Waals surface area contributed by atoms with E-state index < -0.39 is 17.7 Å². The molecule has 1 amide bonds. The topological polar surface area (TPSA) is 72.7 Å². The van der Waals surface area contributed by atoms with Crippen molar-refractivity contribution in [3.63, 3.8) is 0 Å². The van der Waals surface area contributed by atoms with Crippen molar-refractivity contribution < 1.29 is 14.5 Å². The van der Waals surface area contributed by atoms with E-state index in [1.165, 1.54) is 4.90 Å². The second-order valence-electron chi connectivity index (χ2n) is 5.45. The van der Waals surface area contributed by atoms with E-state index >= 15 is 0 Å². The fraction of sp³-hybridized carbons (Fsp3) is 0.462. The number of rotatable bonds is 1. The molecule has 2 rings (SSSR count). The van der Waals surface area contributed by atoms with Gasteiger partial charge in [0.25, 0.3) is 6.04 Å². The molecule has 0 saturated heterocycles. The SMILES string of the molecule is CC(C)(C)OC(=O)N1CC([N+](=O)[O-])c2ccccc21. The van der Waals surface area contributed by atoms with Crippen molar-refractivity contribution in [2.75, 3.05) is 11.4 Å². The van der Waals surface area contributed by atoms with Gasteiger partial charge in [-0.25, -0.2) is 4.79 Å². The highest BCUT2D eigenvalue weighted by Gasteiger charge is 2.40. The van der Waals surface area contributed by atoms with Crippen molar-refractivity contribution in [1.29, 1.82) is 0 Å². The molecule has 1 aliphatic rings. The van der Waals surface area contributed by atoms with Gasteiger partial charge in [0, 0.05) is 4.92 Å². The van der Waals surface area contributed by atoms with Crippen LogP contribution in [0.4, 0.5) is 10.5 Å². The van der Waals surface area contributed by atoms with Gasteiger partial charge >= 0.3 is 6.09 Å². The molecule has 1 unspecified atom stereocenters. The van der Waals surface area contributed by atoms with Crippen LogP contribution in [0.3, 0.4) is 0 Å². The van der Waals surface area contributed by atoms with Gasteiger partial charge in [0.1, 0.15) is 12.1 Å². The predicted octanol–water partition coefficient (Wildman–Crippen LogP) is 2.76. The molecule has 0 radical (unpaired) electrons. The molecule has 0 N–H and O–H groups in total. The molecule has 1 aromatic carbocycles. The third-order valence-corrected chi connectivity index (χ3v) is 2.81. The highest BCUT2D eigenvalue weighted by Crippen LogP contribution is 2.36. The number of carbonyl (C=O) groups is 1. The van der Waals surface area contributed by atoms with Gasteiger partial charge in [-0.2, -0.15) is 0 Å². The van der Waals surface area contributed by atoms with Crippen LogP contribution in [0.1, 0.15) is 32.4 Å². The molecule has 6 nitrogen and oxygen atoms in total. The molecule has 0 spiro atoms. The van der Waals surface area contributed by atoms with Crippen LogP contribution in [0.5, 0.6) is 0 Å². The number of nitro groups is 1. The number of carbonyl (C=O) groups excluding carboxylic acids is 1. The van der Waals surface area contributed by atoms with E-state index in [2.05, 4.69) is 0 Å². The van der Waals surface area contributed by atoms with Crippen LogP contribution in [0.15, 0.2) is 24.3 Å². The molecule has 0 aliphatic carbocycles. The van der Waals surface area contributed by atoms with Crippen molar-refractivity contribution >= 4 is 11.8 Å². The van der Waals surface area contributed by atoms with Crippen LogP contribution < -0.4 is 4.90 Å². The molecule has 0 fully saturated rings. The number of amides is 1. The number of hydrogen-bond donors (Lipinski definition) is 0. The Morgan fingerprint density at radius 3 is 2.63 bits per heavy atom. The van der Waals surface area contributed by atoms with E-state index in [-0.39, 0.29) is 11.5 Å². The van der Waals surface area contributed by atoms with Gasteiger partial charge in [-0.1, -0.05) is 12.1 Å². The van der Waals surface area contributed by atoms with E-state index in [0.29, 0.717) is 11.3 Å². The minimum absolute atomic E-state index is 0.0151. The van der Waals surface area contributed by atoms with E-state index in [4.69, 9.17) is 4.74 Å². The van der Waals surface area contributed by atoms with E-state index in [9.17, 15) is 14.9 Å². The third-order valence-electron chi connectivity index (χ3n) is 2.81. The van der Waals surface area contributed by atoms with Crippen LogP contribution in [0, 0.1) is 10.1 Å². The Hall–Kier alpha value is -2.11. The second-order valence-corrected chi connectivity index (χ2v) is 5.45. The Morgan fingerprint density at radius 2 is 2.05 bits per heavy atom. The van der Waals surface area contributed by atoms with Gasteiger partial charge in [0.05, 0.1) is 11.3 Å². The van der Waals surface area contributed by atoms with Crippen molar-refractivity contribution in [2.24, 2.45) is 0 Å². The first-order valence-corrected chi connectivity index (χ1v) is 6.02. The fourth-order valence-corrected chi connectivity index (χ4v) is 2.05. The molecule has 102 valence electrons. The quantitative estimate of drug-likeness (QED) is 0.577. The Labute approximate surface area is 111 Å². The Balaban J connectivity index is 2.30. The molecule has 1 aliphatic heterocycles. The highest BCUT2D eigenvalue weighted by atomic mass is 16.6. The van der Waals surface area contributed by atoms with Gasteiger partial charge in [-0.3, -0.25) is 15.0 Å². The summed E-state index contributed by atoms with van der Waals surface area (Å²) < 4.78 is 5.27. The van der Waals surface area contributed by atoms with Crippen molar-refractivity contribution in [3.05, 3.63) is 39.9 Å². The lowest BCUT2D eigenvalue weighted by Gasteiger charge is -2.24. The number of anilines is 1. The summed E-state index contributed by atoms with van der Waals surface area (Å²) in [5.41, 5.74) is 0.482. The Morgan fingerprint density at radius 1 is 1.42 bits per heavy atom. The van der Waals surface area contributed by atoms with Gasteiger partial charge in [-0.05, 0) is 32.9 Å². The van der Waals surface area contributed by atoms with Gasteiger partial charge < -0.3 is 4.74 Å². The smallest absolute Gasteiger partial charge is 0.415 e. The average molecular weight is 264 g/mol. The lowest BCUT2D eigenvalue weighted by molar-refractivity contribution is -0.524. The number of hydrogen-bond acceptors (Lipinski definition) is 4. The predicted molar refractivity (Wildman–Crippen MR) is 69.8 cm³/mol. The van der Waals surface area contributed by atoms with E-state index in [1.54, 1.807) is 45.0 Å². The van der Waals surface area contributed by atoms with Gasteiger partial charge in [0.2, 0.25) is 0 Å². The minimum Gasteiger partial charge on any atom is -0.443 e. The summed E-state index contributed by atoms with van der Waals surface area (Å²) in [5, 5.41) is 11.0. The van der Waals surface area contributed by atoms with Crippen molar-refractivity contribution in [1.82, 2.24) is 0 Å². The summed E-state index contributed by atoms with van der Waals surface area (Å²) in [6, 6.07) is 5.96. The summed E-state index contributed by atoms with van der Waals surface area (Å²) >= 11 is 0. The first-order valence-electron chi connectivity index (χ1n) is 6.02. The molecule has 1 heterocycles. The zero-order valence-electron chi connectivity index (χ0n) is 11.1. The van der Waals surface area contributed by atoms with Crippen LogP contribution in [-0.2, 0) is 4.74 Å². The third kappa shape index (κ3) is 2.67. The van der Waals surface area contributed by atoms with Gasteiger partial charge in [-0.15, -0.1) is 0 Å². The lowest BCUT2D eigenvalue weighted by Crippen LogP contribution is -2.36. The summed E-state index contributed by atoms with van der Waals surface area (Å²) in [4.78, 5) is 24.1. The van der Waals surface area contributed by atoms with Gasteiger partial charge in [0.15, 0.2) is 0 Å². The number of nitrogens with zero attached hydrogens (tertiary/aromatic N) is 2. The molecular weight excluding hydrogens is 248 g/mol. The number of para-hydroxylation sites is 1. The minimum atomic E-state index is -0.885. The molecule has 6 heteroatoms. The fourth-order valence-electron chi connectivity index (χ4n) is 2.05. The molecule has 0 bridgehead atoms. The molecular formula is C13H16N2O4. The number of fused-ring (bicyclic) bond motifs is 1. The van der Waals surface area contributed by atoms with Crippen LogP contribution >= 0.6 is 0 Å². The molecule has 1 atom stereocenters. The zero-order chi connectivity index (χ0) is 14.2. The molecule has 0 saturated carbocycles. The first-order chi connectivity index (χ1) is 8.79. The summed E-state index contributed by atoms with van der Waals surface area (Å²) in [5.74, 6) is 0. The van der Waals surface area contributed by atoms with E-state index in [0.717, 1.165) is 0 Å². The highest BCUT2D eigenvalue weighted by molar-refractivity contribution is 5.90. The summed E-state index contributed by atoms with van der Waals surface area (Å²) in [6.07, 6.45) is -0.552. The maximum absolute atomic E-state index is 12.1. The Bertz CT molecular complexity index is 522. The monoisotopic (exact) mass is 264 g/mol. The van der Waals surface area contributed by atoms with E-state index in [1.807, 2.05) is 0 Å². The summed E-state index contributed by atoms with van der Waals surface area (Å²) in [6.45, 7) is 5.30. The number of ether oxygens (including phenoxy) is 1. The normalized spacial score (nSPS) is 18.1. The number of benzene rings is 1. The van der Waals surface area contributed by atoms with Crippen molar-refractivity contribution in [2.45, 2.75) is 32.4 Å². The first kappa shape index (κ1) is 13.3. The Kier molecular flexibility index (Phi) is 3.18. The molecule has 19 heavy (non-hydrogen) atoms. The van der Waals surface area contributed by atoms with Crippen LogP contribution in [0.25, 0.3) is 0 Å². The second kappa shape index (κ2) is 4.53. The van der Waals surface area contributed by atoms with Crippen LogP contribution in [0.2, 0.25) is 0 Å². The lowest BCUT2D eigenvalue weighted by atomic mass is 10.1. The standard InChI is InChI=1S/C13H16N2O4/c1-13(2,3)19-12(16)14-8-11(15(17)18)9-6-4-5-7-10(9)14/h4-7,11H,8H2,1-3H3. The van der Waals surface area contributed by atoms with Crippen molar-refractivity contribution in [3.8, 4) is 0 Å². The molecule has 1 aromatic rings. The maximum Gasteiger partial charge on any atom is 0.415 e. The summed E-state index contributed by atoms with van der Waals surface area (Å²) in [7, 11) is 0. The average Bonchev–Trinajstić information content (AvgIpc) is 2.66. The maximum atomic E-state index is 12.1. The largest absolute Gasteiger partial charge is 0.443 e. The zero-order valence-corrected chi connectivity index (χ0v) is 11.1. The van der Waals surface area contributed by atoms with Crippen LogP contribution in [-0.4, -0.2) is 23.2 Å². The molecule has 0 aromatic heterocycles.